The monoisotopic (exact) mass is 251 g/mol. The van der Waals surface area contributed by atoms with Crippen LogP contribution in [0.1, 0.15) is 46.5 Å². The van der Waals surface area contributed by atoms with Crippen molar-refractivity contribution >= 4 is 5.91 Å². The maximum absolute atomic E-state index is 12.2. The fourth-order valence-corrected chi connectivity index (χ4v) is 4.45. The predicted octanol–water partition coefficient (Wildman–Crippen LogP) is 2.35. The first-order chi connectivity index (χ1) is 8.45. The Morgan fingerprint density at radius 2 is 2.06 bits per heavy atom. The third-order valence-corrected chi connectivity index (χ3v) is 6.41. The minimum Gasteiger partial charge on any atom is -0.381 e. The SMILES string of the molecule is CC1(C)[C@H]2CC[C@@]1(C)[C@H](NC(=O)[C@@H]1CCOC1)C2. The summed E-state index contributed by atoms with van der Waals surface area (Å²) in [5.74, 6) is 1.10. The van der Waals surface area contributed by atoms with Crippen molar-refractivity contribution in [3.05, 3.63) is 0 Å². The molecule has 18 heavy (non-hydrogen) atoms. The Bertz CT molecular complexity index is 360. The number of ether oxygens (including phenoxy) is 1. The molecule has 0 radical (unpaired) electrons. The number of hydrogen-bond acceptors (Lipinski definition) is 2. The van der Waals surface area contributed by atoms with Gasteiger partial charge in [0.1, 0.15) is 0 Å². The van der Waals surface area contributed by atoms with E-state index in [0.29, 0.717) is 18.1 Å². The van der Waals surface area contributed by atoms with Gasteiger partial charge >= 0.3 is 0 Å². The van der Waals surface area contributed by atoms with Crippen molar-refractivity contribution in [2.24, 2.45) is 22.7 Å². The fourth-order valence-electron chi connectivity index (χ4n) is 4.45. The van der Waals surface area contributed by atoms with Gasteiger partial charge in [-0.1, -0.05) is 20.8 Å². The van der Waals surface area contributed by atoms with E-state index in [1.54, 1.807) is 0 Å². The summed E-state index contributed by atoms with van der Waals surface area (Å²) in [4.78, 5) is 12.2. The Kier molecular flexibility index (Phi) is 2.74. The molecule has 4 atom stereocenters. The van der Waals surface area contributed by atoms with Crippen LogP contribution < -0.4 is 5.32 Å². The highest BCUT2D eigenvalue weighted by atomic mass is 16.5. The highest BCUT2D eigenvalue weighted by Gasteiger charge is 2.61. The quantitative estimate of drug-likeness (QED) is 0.818. The summed E-state index contributed by atoms with van der Waals surface area (Å²) in [5.41, 5.74) is 0.657. The summed E-state index contributed by atoms with van der Waals surface area (Å²) in [6.07, 6.45) is 4.66. The van der Waals surface area contributed by atoms with Crippen molar-refractivity contribution < 1.29 is 9.53 Å². The number of carbonyl (C=O) groups is 1. The Morgan fingerprint density at radius 1 is 1.28 bits per heavy atom. The van der Waals surface area contributed by atoms with Crippen molar-refractivity contribution in [1.29, 1.82) is 0 Å². The third kappa shape index (κ3) is 1.56. The second kappa shape index (κ2) is 3.96. The smallest absolute Gasteiger partial charge is 0.225 e. The minimum atomic E-state index is 0.0934. The number of amides is 1. The summed E-state index contributed by atoms with van der Waals surface area (Å²) >= 11 is 0. The summed E-state index contributed by atoms with van der Waals surface area (Å²) in [6.45, 7) is 8.50. The summed E-state index contributed by atoms with van der Waals surface area (Å²) in [7, 11) is 0. The van der Waals surface area contributed by atoms with E-state index in [1.807, 2.05) is 0 Å². The van der Waals surface area contributed by atoms with Gasteiger partial charge in [-0.25, -0.2) is 0 Å². The molecule has 3 rings (SSSR count). The van der Waals surface area contributed by atoms with E-state index in [0.717, 1.165) is 18.9 Å². The standard InChI is InChI=1S/C15H25NO2/c1-14(2)11-4-6-15(14,3)12(8-11)16-13(17)10-5-7-18-9-10/h10-12H,4-9H2,1-3H3,(H,16,17)/t10-,11+,12-,15+/m1/s1. The van der Waals surface area contributed by atoms with Crippen LogP contribution in [-0.4, -0.2) is 25.2 Å². The molecule has 0 unspecified atom stereocenters. The molecule has 2 saturated carbocycles. The van der Waals surface area contributed by atoms with Gasteiger partial charge in [-0.2, -0.15) is 0 Å². The topological polar surface area (TPSA) is 38.3 Å². The van der Waals surface area contributed by atoms with Gasteiger partial charge < -0.3 is 10.1 Å². The van der Waals surface area contributed by atoms with Crippen LogP contribution >= 0.6 is 0 Å². The first-order valence-corrected chi connectivity index (χ1v) is 7.33. The van der Waals surface area contributed by atoms with Crippen LogP contribution in [0.4, 0.5) is 0 Å². The van der Waals surface area contributed by atoms with Gasteiger partial charge in [0, 0.05) is 12.6 Å². The fraction of sp³-hybridized carbons (Fsp3) is 0.933. The first kappa shape index (κ1) is 12.5. The second-order valence-corrected chi connectivity index (χ2v) is 7.23. The number of fused-ring (bicyclic) bond motifs is 2. The number of hydrogen-bond donors (Lipinski definition) is 1. The molecule has 1 N–H and O–H groups in total. The van der Waals surface area contributed by atoms with Crippen molar-refractivity contribution in [3.8, 4) is 0 Å². The van der Waals surface area contributed by atoms with Gasteiger partial charge in [0.05, 0.1) is 12.5 Å². The molecular weight excluding hydrogens is 226 g/mol. The maximum atomic E-state index is 12.2. The van der Waals surface area contributed by atoms with Gasteiger partial charge in [-0.15, -0.1) is 0 Å². The molecule has 0 spiro atoms. The van der Waals surface area contributed by atoms with E-state index < -0.39 is 0 Å². The van der Waals surface area contributed by atoms with E-state index >= 15 is 0 Å². The van der Waals surface area contributed by atoms with Gasteiger partial charge in [0.15, 0.2) is 0 Å². The van der Waals surface area contributed by atoms with Gasteiger partial charge in [0.2, 0.25) is 5.91 Å². The molecule has 2 bridgehead atoms. The van der Waals surface area contributed by atoms with Crippen LogP contribution in [0.25, 0.3) is 0 Å². The highest BCUT2D eigenvalue weighted by Crippen LogP contribution is 2.65. The van der Waals surface area contributed by atoms with E-state index in [2.05, 4.69) is 26.1 Å². The average molecular weight is 251 g/mol. The van der Waals surface area contributed by atoms with Crippen molar-refractivity contribution in [2.45, 2.75) is 52.5 Å². The zero-order valence-corrected chi connectivity index (χ0v) is 11.8. The lowest BCUT2D eigenvalue weighted by molar-refractivity contribution is -0.126. The molecule has 1 heterocycles. The number of carbonyl (C=O) groups excluding carboxylic acids is 1. The number of nitrogens with one attached hydrogen (secondary N) is 1. The normalized spacial score (nSPS) is 45.4. The molecule has 0 aromatic rings. The van der Waals surface area contributed by atoms with E-state index in [1.165, 1.54) is 19.3 Å². The zero-order valence-electron chi connectivity index (χ0n) is 11.8. The zero-order chi connectivity index (χ0) is 13.0. The molecule has 3 nitrogen and oxygen atoms in total. The second-order valence-electron chi connectivity index (χ2n) is 7.23. The van der Waals surface area contributed by atoms with Crippen LogP contribution in [-0.2, 0) is 9.53 Å². The van der Waals surface area contributed by atoms with Crippen molar-refractivity contribution in [1.82, 2.24) is 5.32 Å². The highest BCUT2D eigenvalue weighted by molar-refractivity contribution is 5.79. The van der Waals surface area contributed by atoms with Gasteiger partial charge in [-0.05, 0) is 42.4 Å². The largest absolute Gasteiger partial charge is 0.381 e. The Hall–Kier alpha value is -0.570. The van der Waals surface area contributed by atoms with Crippen LogP contribution in [0, 0.1) is 22.7 Å². The van der Waals surface area contributed by atoms with Crippen LogP contribution in [0.15, 0.2) is 0 Å². The lowest BCUT2D eigenvalue weighted by Crippen LogP contribution is -2.48. The first-order valence-electron chi connectivity index (χ1n) is 7.33. The molecule has 3 fully saturated rings. The molecule has 1 aliphatic heterocycles. The van der Waals surface area contributed by atoms with Crippen molar-refractivity contribution in [3.63, 3.8) is 0 Å². The molecule has 102 valence electrons. The van der Waals surface area contributed by atoms with Crippen LogP contribution in [0.3, 0.4) is 0 Å². The summed E-state index contributed by atoms with van der Waals surface area (Å²) in [5, 5.41) is 3.33. The van der Waals surface area contributed by atoms with E-state index in [9.17, 15) is 4.79 Å². The summed E-state index contributed by atoms with van der Waals surface area (Å²) < 4.78 is 5.31. The lowest BCUT2D eigenvalue weighted by Gasteiger charge is -2.39. The molecule has 2 aliphatic carbocycles. The Morgan fingerprint density at radius 3 is 2.56 bits per heavy atom. The molecule has 1 saturated heterocycles. The summed E-state index contributed by atoms with van der Waals surface area (Å²) in [6, 6.07) is 0.374. The average Bonchev–Trinajstić information content (AvgIpc) is 2.95. The van der Waals surface area contributed by atoms with E-state index in [-0.39, 0.29) is 17.2 Å². The predicted molar refractivity (Wildman–Crippen MR) is 70.1 cm³/mol. The maximum Gasteiger partial charge on any atom is 0.225 e. The van der Waals surface area contributed by atoms with Crippen molar-refractivity contribution in [2.75, 3.05) is 13.2 Å². The lowest BCUT2D eigenvalue weighted by atomic mass is 9.69. The Labute approximate surface area is 110 Å². The van der Waals surface area contributed by atoms with Crippen LogP contribution in [0.2, 0.25) is 0 Å². The molecule has 0 aromatic carbocycles. The molecule has 1 amide bonds. The van der Waals surface area contributed by atoms with Gasteiger partial charge in [0.25, 0.3) is 0 Å². The van der Waals surface area contributed by atoms with Crippen LogP contribution in [0.5, 0.6) is 0 Å². The Balaban J connectivity index is 1.70. The molecule has 3 heteroatoms. The minimum absolute atomic E-state index is 0.0934. The third-order valence-electron chi connectivity index (χ3n) is 6.41. The van der Waals surface area contributed by atoms with Gasteiger partial charge in [-0.3, -0.25) is 4.79 Å². The van der Waals surface area contributed by atoms with E-state index in [4.69, 9.17) is 4.74 Å². The number of rotatable bonds is 2. The molecule has 3 aliphatic rings. The molecule has 0 aromatic heterocycles. The molecular formula is C15H25NO2.